The Kier molecular flexibility index (Phi) is 7.62. The predicted octanol–water partition coefficient (Wildman–Crippen LogP) is 4.87. The minimum Gasteiger partial charge on any atom is -0.463 e. The lowest BCUT2D eigenvalue weighted by atomic mass is 9.98. The molecule has 11 heteroatoms. The van der Waals surface area contributed by atoms with Crippen molar-refractivity contribution in [3.05, 3.63) is 54.3 Å². The number of hydrogen-bond acceptors (Lipinski definition) is 9. The molecule has 2 aromatic heterocycles. The van der Waals surface area contributed by atoms with Crippen LogP contribution in [0.5, 0.6) is 6.01 Å². The number of amides is 1. The van der Waals surface area contributed by atoms with Gasteiger partial charge in [0.05, 0.1) is 35.7 Å². The molecule has 2 fully saturated rings. The maximum Gasteiger partial charge on any atom is 0.319 e. The molecule has 2 saturated heterocycles. The summed E-state index contributed by atoms with van der Waals surface area (Å²) >= 11 is 6.64. The van der Waals surface area contributed by atoms with E-state index < -0.39 is 0 Å². The number of benzene rings is 2. The van der Waals surface area contributed by atoms with Gasteiger partial charge in [-0.1, -0.05) is 18.2 Å². The van der Waals surface area contributed by atoms with E-state index in [9.17, 15) is 10.1 Å². The molecule has 10 nitrogen and oxygen atoms in total. The molecule has 0 aliphatic carbocycles. The van der Waals surface area contributed by atoms with Crippen molar-refractivity contribution in [1.29, 1.82) is 5.26 Å². The van der Waals surface area contributed by atoms with Crippen molar-refractivity contribution in [3.63, 3.8) is 0 Å². The van der Waals surface area contributed by atoms with Crippen LogP contribution in [0, 0.1) is 11.3 Å². The van der Waals surface area contributed by atoms with Gasteiger partial charge in [-0.15, -0.1) is 0 Å². The van der Waals surface area contributed by atoms with Gasteiger partial charge in [0.2, 0.25) is 5.91 Å². The Morgan fingerprint density at radius 2 is 2.10 bits per heavy atom. The summed E-state index contributed by atoms with van der Waals surface area (Å²) in [4.78, 5) is 28.4. The molecule has 2 aliphatic rings. The molecule has 0 bridgehead atoms. The first-order chi connectivity index (χ1) is 20.4. The molecule has 0 saturated carbocycles. The molecule has 6 rings (SSSR count). The number of nitrogens with zero attached hydrogens (tertiary/aromatic N) is 6. The molecule has 1 amide bonds. The van der Waals surface area contributed by atoms with E-state index in [2.05, 4.69) is 29.5 Å². The molecule has 42 heavy (non-hydrogen) atoms. The second-order valence-corrected chi connectivity index (χ2v) is 11.2. The molecule has 0 radical (unpaired) electrons. The number of piperazine rings is 1. The minimum absolute atomic E-state index is 0.185. The van der Waals surface area contributed by atoms with Crippen LogP contribution in [0.1, 0.15) is 19.3 Å². The SMILES string of the molecule is C=CC(=O)N1CCN(c2nc(OC[C@@H]3CCCN3C)nc3cc(-c4cc(N)ccc4Cl)c4ccoc4c23)C[C@@H]1CC#N. The predicted molar refractivity (Wildman–Crippen MR) is 163 cm³/mol. The molecular formula is C31H32ClN7O3. The standard InChI is InChI=1S/C31H32ClN7O3/c1-3-27(40)39-13-12-38(17-20(39)8-10-33)30-28-26(35-31(36-30)42-18-21-5-4-11-37(21)2)16-23(22-9-14-41-29(22)28)24-15-19(34)6-7-25(24)32/h3,6-7,9,14-16,20-21H,1,4-5,8,11-13,17-18,34H2,2H3/t20-,21-/m0/s1. The average molecular weight is 586 g/mol. The summed E-state index contributed by atoms with van der Waals surface area (Å²) in [7, 11) is 2.10. The Labute approximate surface area is 248 Å². The first-order valence-corrected chi connectivity index (χ1v) is 14.4. The van der Waals surface area contributed by atoms with Crippen LogP contribution in [0.3, 0.4) is 0 Å². The van der Waals surface area contributed by atoms with Crippen molar-refractivity contribution in [2.24, 2.45) is 0 Å². The Morgan fingerprint density at radius 3 is 2.86 bits per heavy atom. The monoisotopic (exact) mass is 585 g/mol. The number of likely N-dealkylation sites (N-methyl/N-ethyl adjacent to an activating group) is 1. The number of nitrogens with two attached hydrogens (primary N) is 1. The van der Waals surface area contributed by atoms with Crippen LogP contribution in [0.4, 0.5) is 11.5 Å². The van der Waals surface area contributed by atoms with Gasteiger partial charge in [-0.2, -0.15) is 15.2 Å². The van der Waals surface area contributed by atoms with Gasteiger partial charge in [0.25, 0.3) is 0 Å². The zero-order chi connectivity index (χ0) is 29.4. The zero-order valence-corrected chi connectivity index (χ0v) is 24.2. The summed E-state index contributed by atoms with van der Waals surface area (Å²) in [5, 5.41) is 11.7. The Bertz CT molecular complexity index is 1710. The highest BCUT2D eigenvalue weighted by Crippen LogP contribution is 2.42. The van der Waals surface area contributed by atoms with E-state index in [1.54, 1.807) is 23.3 Å². The van der Waals surface area contributed by atoms with E-state index in [0.717, 1.165) is 41.3 Å². The Balaban J connectivity index is 1.50. The highest BCUT2D eigenvalue weighted by molar-refractivity contribution is 6.34. The second kappa shape index (κ2) is 11.5. The molecule has 2 aromatic carbocycles. The van der Waals surface area contributed by atoms with Gasteiger partial charge in [0.1, 0.15) is 18.0 Å². The fourth-order valence-corrected chi connectivity index (χ4v) is 6.28. The number of anilines is 2. The molecule has 2 atom stereocenters. The lowest BCUT2D eigenvalue weighted by molar-refractivity contribution is -0.128. The number of ether oxygens (including phenoxy) is 1. The molecule has 4 aromatic rings. The highest BCUT2D eigenvalue weighted by atomic mass is 35.5. The number of hydrogen-bond donors (Lipinski definition) is 1. The van der Waals surface area contributed by atoms with Crippen molar-refractivity contribution in [2.45, 2.75) is 31.3 Å². The minimum atomic E-state index is -0.326. The quantitative estimate of drug-likeness (QED) is 0.239. The van der Waals surface area contributed by atoms with Crippen molar-refractivity contribution < 1.29 is 13.9 Å². The normalized spacial score (nSPS) is 19.4. The summed E-state index contributed by atoms with van der Waals surface area (Å²) in [5.41, 5.74) is 9.57. The van der Waals surface area contributed by atoms with Crippen molar-refractivity contribution >= 4 is 50.9 Å². The fourth-order valence-electron chi connectivity index (χ4n) is 6.06. The van der Waals surface area contributed by atoms with Gasteiger partial charge in [0, 0.05) is 47.3 Å². The maximum absolute atomic E-state index is 12.6. The van der Waals surface area contributed by atoms with E-state index in [-0.39, 0.29) is 30.4 Å². The first kappa shape index (κ1) is 27.8. The number of halogens is 1. The van der Waals surface area contributed by atoms with Crippen molar-refractivity contribution in [3.8, 4) is 23.2 Å². The Morgan fingerprint density at radius 1 is 1.24 bits per heavy atom. The highest BCUT2D eigenvalue weighted by Gasteiger charge is 2.32. The number of likely N-dealkylation sites (tertiary alicyclic amines) is 1. The topological polar surface area (TPSA) is 125 Å². The lowest BCUT2D eigenvalue weighted by Gasteiger charge is -2.41. The molecule has 2 N–H and O–H groups in total. The number of nitrogen functional groups attached to an aromatic ring is 1. The smallest absolute Gasteiger partial charge is 0.319 e. The van der Waals surface area contributed by atoms with E-state index in [4.69, 9.17) is 36.5 Å². The summed E-state index contributed by atoms with van der Waals surface area (Å²) in [6, 6.07) is 11.7. The number of rotatable bonds is 7. The molecule has 216 valence electrons. The number of fused-ring (bicyclic) bond motifs is 3. The Hall–Kier alpha value is -4.33. The number of furan rings is 1. The molecular weight excluding hydrogens is 554 g/mol. The van der Waals surface area contributed by atoms with Crippen LogP contribution in [-0.2, 0) is 4.79 Å². The zero-order valence-electron chi connectivity index (χ0n) is 23.4. The van der Waals surface area contributed by atoms with Gasteiger partial charge < -0.3 is 29.6 Å². The van der Waals surface area contributed by atoms with E-state index in [1.807, 2.05) is 18.2 Å². The molecule has 2 aliphatic heterocycles. The average Bonchev–Trinajstić information content (AvgIpc) is 3.65. The molecule has 0 unspecified atom stereocenters. The second-order valence-electron chi connectivity index (χ2n) is 10.8. The van der Waals surface area contributed by atoms with Crippen LogP contribution in [0.2, 0.25) is 5.02 Å². The summed E-state index contributed by atoms with van der Waals surface area (Å²) in [5.74, 6) is 0.442. The largest absolute Gasteiger partial charge is 0.463 e. The third kappa shape index (κ3) is 5.10. The lowest BCUT2D eigenvalue weighted by Crippen LogP contribution is -2.55. The number of nitriles is 1. The van der Waals surface area contributed by atoms with Crippen LogP contribution in [0.15, 0.2) is 53.7 Å². The van der Waals surface area contributed by atoms with Crippen LogP contribution in [0.25, 0.3) is 33.0 Å². The first-order valence-electron chi connectivity index (χ1n) is 14.0. The van der Waals surface area contributed by atoms with Gasteiger partial charge in [0.15, 0.2) is 0 Å². The summed E-state index contributed by atoms with van der Waals surface area (Å²) in [6.45, 7) is 6.47. The summed E-state index contributed by atoms with van der Waals surface area (Å²) < 4.78 is 12.3. The number of aromatic nitrogens is 2. The van der Waals surface area contributed by atoms with Crippen LogP contribution >= 0.6 is 11.6 Å². The van der Waals surface area contributed by atoms with Crippen LogP contribution < -0.4 is 15.4 Å². The third-order valence-corrected chi connectivity index (χ3v) is 8.61. The van der Waals surface area contributed by atoms with E-state index in [1.165, 1.54) is 6.08 Å². The molecule has 4 heterocycles. The molecule has 0 spiro atoms. The van der Waals surface area contributed by atoms with Gasteiger partial charge in [-0.05, 0) is 68.4 Å². The van der Waals surface area contributed by atoms with E-state index in [0.29, 0.717) is 53.9 Å². The number of carbonyl (C=O) groups is 1. The van der Waals surface area contributed by atoms with Gasteiger partial charge >= 0.3 is 6.01 Å². The van der Waals surface area contributed by atoms with E-state index >= 15 is 0 Å². The van der Waals surface area contributed by atoms with Crippen molar-refractivity contribution in [2.75, 3.05) is 50.5 Å². The summed E-state index contributed by atoms with van der Waals surface area (Å²) in [6.07, 6.45) is 5.30. The van der Waals surface area contributed by atoms with Crippen LogP contribution in [-0.4, -0.2) is 77.6 Å². The van der Waals surface area contributed by atoms with Gasteiger partial charge in [-0.25, -0.2) is 0 Å². The number of carbonyl (C=O) groups excluding carboxylic acids is 1. The third-order valence-electron chi connectivity index (χ3n) is 8.28. The fraction of sp³-hybridized carbons (Fsp3) is 0.355. The maximum atomic E-state index is 12.6. The van der Waals surface area contributed by atoms with Crippen molar-refractivity contribution in [1.82, 2.24) is 19.8 Å². The van der Waals surface area contributed by atoms with Gasteiger partial charge in [-0.3, -0.25) is 4.79 Å².